The summed E-state index contributed by atoms with van der Waals surface area (Å²) in [5.41, 5.74) is 2.45. The second kappa shape index (κ2) is 8.85. The average molecular weight is 443 g/mol. The molecule has 2 aromatic heterocycles. The summed E-state index contributed by atoms with van der Waals surface area (Å²) in [7, 11) is 0. The molecule has 5 rings (SSSR count). The highest BCUT2D eigenvalue weighted by Gasteiger charge is 2.28. The lowest BCUT2D eigenvalue weighted by molar-refractivity contribution is -0.123. The maximum atomic E-state index is 13.6. The number of aromatic nitrogens is 3. The van der Waals surface area contributed by atoms with E-state index in [2.05, 4.69) is 36.4 Å². The smallest absolute Gasteiger partial charge is 0.291 e. The van der Waals surface area contributed by atoms with E-state index >= 15 is 0 Å². The fraction of sp³-hybridized carbons (Fsp3) is 0.370. The number of carbonyl (C=O) groups is 1. The van der Waals surface area contributed by atoms with Crippen molar-refractivity contribution in [2.24, 2.45) is 11.8 Å². The molecule has 1 amide bonds. The topological polar surface area (TPSA) is 68.9 Å². The summed E-state index contributed by atoms with van der Waals surface area (Å²) in [6, 6.07) is 18.3. The molecular weight excluding hydrogens is 412 g/mol. The summed E-state index contributed by atoms with van der Waals surface area (Å²) in [6.07, 6.45) is 5.04. The molecule has 2 aromatic carbocycles. The van der Waals surface area contributed by atoms with Crippen LogP contribution in [0.2, 0.25) is 0 Å². The Labute approximate surface area is 193 Å². The standard InChI is InChI=1S/C27H30N4O2/c1-18-9-8-13-23(19(18)2)29-25(32)17-31-27(33)26-22(15-28-31)21-12-6-7-14-24(21)30(26)16-20-10-4-3-5-11-20/h3-7,10-12,14-15,18-19,23H,8-9,13,16-17H2,1-2H3,(H,29,32)/t18-,19-,23+/m1/s1. The van der Waals surface area contributed by atoms with E-state index in [0.717, 1.165) is 34.7 Å². The lowest BCUT2D eigenvalue weighted by Gasteiger charge is -2.34. The van der Waals surface area contributed by atoms with Crippen molar-refractivity contribution in [2.45, 2.75) is 52.2 Å². The molecular formula is C27H30N4O2. The van der Waals surface area contributed by atoms with Crippen LogP contribution >= 0.6 is 0 Å². The molecule has 0 bridgehead atoms. The van der Waals surface area contributed by atoms with Crippen LogP contribution in [-0.4, -0.2) is 26.3 Å². The molecule has 4 aromatic rings. The molecule has 1 aliphatic carbocycles. The first kappa shape index (κ1) is 21.4. The second-order valence-electron chi connectivity index (χ2n) is 9.40. The van der Waals surface area contributed by atoms with Gasteiger partial charge >= 0.3 is 0 Å². The molecule has 0 saturated heterocycles. The Morgan fingerprint density at radius 3 is 2.61 bits per heavy atom. The number of para-hydroxylation sites is 1. The first-order chi connectivity index (χ1) is 16.0. The molecule has 0 unspecified atom stereocenters. The van der Waals surface area contributed by atoms with Crippen LogP contribution in [0.1, 0.15) is 38.7 Å². The lowest BCUT2D eigenvalue weighted by Crippen LogP contribution is -2.45. The predicted octanol–water partition coefficient (Wildman–Crippen LogP) is 4.34. The molecule has 0 spiro atoms. The van der Waals surface area contributed by atoms with Crippen LogP contribution < -0.4 is 10.9 Å². The molecule has 6 heteroatoms. The minimum atomic E-state index is -0.236. The van der Waals surface area contributed by atoms with Crippen LogP contribution in [0.5, 0.6) is 0 Å². The molecule has 0 aliphatic heterocycles. The number of hydrogen-bond acceptors (Lipinski definition) is 3. The Balaban J connectivity index is 1.50. The van der Waals surface area contributed by atoms with Crippen molar-refractivity contribution >= 4 is 27.7 Å². The fourth-order valence-corrected chi connectivity index (χ4v) is 5.21. The van der Waals surface area contributed by atoms with Crippen molar-refractivity contribution in [3.8, 4) is 0 Å². The van der Waals surface area contributed by atoms with Gasteiger partial charge in [-0.15, -0.1) is 0 Å². The van der Waals surface area contributed by atoms with E-state index in [1.807, 2.05) is 47.0 Å². The molecule has 0 radical (unpaired) electrons. The number of benzene rings is 2. The van der Waals surface area contributed by atoms with Gasteiger partial charge in [0.05, 0.1) is 6.20 Å². The second-order valence-corrected chi connectivity index (χ2v) is 9.40. The Morgan fingerprint density at radius 2 is 1.79 bits per heavy atom. The van der Waals surface area contributed by atoms with Gasteiger partial charge in [-0.25, -0.2) is 4.68 Å². The Bertz CT molecular complexity index is 1360. The van der Waals surface area contributed by atoms with E-state index in [1.54, 1.807) is 6.20 Å². The van der Waals surface area contributed by atoms with Crippen molar-refractivity contribution in [1.82, 2.24) is 19.7 Å². The zero-order chi connectivity index (χ0) is 22.9. The monoisotopic (exact) mass is 442 g/mol. The minimum absolute atomic E-state index is 0.0702. The third-order valence-electron chi connectivity index (χ3n) is 7.30. The molecule has 1 aliphatic rings. The minimum Gasteiger partial charge on any atom is -0.351 e. The zero-order valence-electron chi connectivity index (χ0n) is 19.2. The van der Waals surface area contributed by atoms with Gasteiger partial charge in [0.25, 0.3) is 5.56 Å². The fourth-order valence-electron chi connectivity index (χ4n) is 5.21. The highest BCUT2D eigenvalue weighted by molar-refractivity contribution is 6.07. The van der Waals surface area contributed by atoms with E-state index in [1.165, 1.54) is 11.1 Å². The van der Waals surface area contributed by atoms with Crippen LogP contribution in [0.3, 0.4) is 0 Å². The van der Waals surface area contributed by atoms with Gasteiger partial charge in [0.15, 0.2) is 0 Å². The van der Waals surface area contributed by atoms with Crippen molar-refractivity contribution in [1.29, 1.82) is 0 Å². The zero-order valence-corrected chi connectivity index (χ0v) is 19.2. The van der Waals surface area contributed by atoms with Crippen LogP contribution in [0.4, 0.5) is 0 Å². The average Bonchev–Trinajstić information content (AvgIpc) is 3.14. The van der Waals surface area contributed by atoms with Crippen LogP contribution in [0.15, 0.2) is 65.6 Å². The first-order valence-electron chi connectivity index (χ1n) is 11.8. The van der Waals surface area contributed by atoms with Gasteiger partial charge in [0, 0.05) is 28.9 Å². The number of nitrogens with one attached hydrogen (secondary N) is 1. The molecule has 6 nitrogen and oxygen atoms in total. The maximum Gasteiger partial charge on any atom is 0.291 e. The number of hydrogen-bond donors (Lipinski definition) is 1. The van der Waals surface area contributed by atoms with Crippen LogP contribution in [-0.2, 0) is 17.9 Å². The van der Waals surface area contributed by atoms with E-state index in [9.17, 15) is 9.59 Å². The number of amides is 1. The van der Waals surface area contributed by atoms with Crippen molar-refractivity contribution in [3.63, 3.8) is 0 Å². The van der Waals surface area contributed by atoms with E-state index < -0.39 is 0 Å². The first-order valence-corrected chi connectivity index (χ1v) is 11.8. The third kappa shape index (κ3) is 4.06. The van der Waals surface area contributed by atoms with Crippen molar-refractivity contribution in [3.05, 3.63) is 76.7 Å². The highest BCUT2D eigenvalue weighted by atomic mass is 16.2. The van der Waals surface area contributed by atoms with E-state index in [0.29, 0.717) is 23.9 Å². The van der Waals surface area contributed by atoms with Crippen molar-refractivity contribution < 1.29 is 4.79 Å². The van der Waals surface area contributed by atoms with Crippen LogP contribution in [0, 0.1) is 11.8 Å². The quantitative estimate of drug-likeness (QED) is 0.500. The summed E-state index contributed by atoms with van der Waals surface area (Å²) in [5, 5.41) is 9.34. The van der Waals surface area contributed by atoms with Gasteiger partial charge in [-0.3, -0.25) is 9.59 Å². The molecule has 1 N–H and O–H groups in total. The Morgan fingerprint density at radius 1 is 1.03 bits per heavy atom. The molecule has 1 saturated carbocycles. The van der Waals surface area contributed by atoms with E-state index in [-0.39, 0.29) is 24.1 Å². The van der Waals surface area contributed by atoms with E-state index in [4.69, 9.17) is 0 Å². The normalized spacial score (nSPS) is 20.8. The van der Waals surface area contributed by atoms with Gasteiger partial charge in [-0.2, -0.15) is 5.10 Å². The number of carbonyl (C=O) groups excluding carboxylic acids is 1. The number of rotatable bonds is 5. The highest BCUT2D eigenvalue weighted by Crippen LogP contribution is 2.30. The van der Waals surface area contributed by atoms with Gasteiger partial charge < -0.3 is 9.88 Å². The number of fused-ring (bicyclic) bond motifs is 3. The summed E-state index contributed by atoms with van der Waals surface area (Å²) < 4.78 is 3.35. The van der Waals surface area contributed by atoms with Gasteiger partial charge in [0.1, 0.15) is 12.1 Å². The lowest BCUT2D eigenvalue weighted by atomic mass is 9.78. The van der Waals surface area contributed by atoms with Crippen LogP contribution in [0.25, 0.3) is 21.8 Å². The Hall–Kier alpha value is -3.41. The number of nitrogens with zero attached hydrogens (tertiary/aromatic N) is 3. The molecule has 170 valence electrons. The largest absolute Gasteiger partial charge is 0.351 e. The summed E-state index contributed by atoms with van der Waals surface area (Å²) in [5.74, 6) is 0.874. The Kier molecular flexibility index (Phi) is 5.75. The maximum absolute atomic E-state index is 13.6. The van der Waals surface area contributed by atoms with Gasteiger partial charge in [-0.05, 0) is 29.9 Å². The predicted molar refractivity (Wildman–Crippen MR) is 131 cm³/mol. The van der Waals surface area contributed by atoms with Gasteiger partial charge in [-0.1, -0.05) is 75.2 Å². The summed E-state index contributed by atoms with van der Waals surface area (Å²) in [6.45, 7) is 4.95. The molecule has 33 heavy (non-hydrogen) atoms. The molecule has 2 heterocycles. The third-order valence-corrected chi connectivity index (χ3v) is 7.30. The van der Waals surface area contributed by atoms with Gasteiger partial charge in [0.2, 0.25) is 5.91 Å². The molecule has 3 atom stereocenters. The SMILES string of the molecule is C[C@@H]1[C@H](C)CCC[C@@H]1NC(=O)Cn1ncc2c3ccccc3n(Cc3ccccc3)c2c1=O. The van der Waals surface area contributed by atoms with Crippen molar-refractivity contribution in [2.75, 3.05) is 0 Å². The summed E-state index contributed by atoms with van der Waals surface area (Å²) in [4.78, 5) is 26.4. The molecule has 1 fully saturated rings. The summed E-state index contributed by atoms with van der Waals surface area (Å²) >= 11 is 0.